The number of benzene rings is 1. The zero-order chi connectivity index (χ0) is 19.7. The molecule has 0 aliphatic carbocycles. The smallest absolute Gasteiger partial charge is 0.368 e. The Kier molecular flexibility index (Phi) is 4.66. The largest absolute Gasteiger partial charge is 0.416 e. The summed E-state index contributed by atoms with van der Waals surface area (Å²) in [5, 5.41) is 0. The van der Waals surface area contributed by atoms with Crippen LogP contribution in [0.15, 0.2) is 36.5 Å². The Hall–Kier alpha value is -3.10. The highest BCUT2D eigenvalue weighted by Crippen LogP contribution is 2.36. The number of imidazole rings is 1. The van der Waals surface area contributed by atoms with Gasteiger partial charge in [0.1, 0.15) is 0 Å². The fraction of sp³-hybridized carbons (Fsp3) is 0.263. The zero-order valence-corrected chi connectivity index (χ0v) is 14.9. The molecule has 3 heterocycles. The number of anilines is 2. The SMILES string of the molecule is Nc1nccc(-c2[nH]c(N3CC[CH]CC3)nc2-c2cccc(C(F)(F)F)c2)n1. The Morgan fingerprint density at radius 1 is 1.07 bits per heavy atom. The minimum atomic E-state index is -4.43. The van der Waals surface area contributed by atoms with Gasteiger partial charge in [-0.05, 0) is 37.5 Å². The Labute approximate surface area is 159 Å². The predicted octanol–water partition coefficient (Wildman–Crippen LogP) is 3.94. The number of hydrogen-bond acceptors (Lipinski definition) is 5. The van der Waals surface area contributed by atoms with Crippen molar-refractivity contribution < 1.29 is 13.2 Å². The fourth-order valence-corrected chi connectivity index (χ4v) is 3.22. The molecule has 1 aliphatic rings. The topological polar surface area (TPSA) is 83.7 Å². The van der Waals surface area contributed by atoms with Crippen LogP contribution in [0.4, 0.5) is 25.1 Å². The number of nitrogens with zero attached hydrogens (tertiary/aromatic N) is 4. The minimum absolute atomic E-state index is 0.0798. The van der Waals surface area contributed by atoms with Gasteiger partial charge in [0.2, 0.25) is 11.9 Å². The van der Waals surface area contributed by atoms with Crippen LogP contribution >= 0.6 is 0 Å². The fourth-order valence-electron chi connectivity index (χ4n) is 3.22. The number of H-pyrrole nitrogens is 1. The summed E-state index contributed by atoms with van der Waals surface area (Å²) in [5.41, 5.74) is 6.71. The van der Waals surface area contributed by atoms with Gasteiger partial charge in [-0.3, -0.25) is 0 Å². The molecule has 0 amide bonds. The monoisotopic (exact) mass is 387 g/mol. The minimum Gasteiger partial charge on any atom is -0.368 e. The van der Waals surface area contributed by atoms with E-state index in [1.807, 2.05) is 0 Å². The second kappa shape index (κ2) is 7.14. The van der Waals surface area contributed by atoms with Gasteiger partial charge in [-0.2, -0.15) is 13.2 Å². The summed E-state index contributed by atoms with van der Waals surface area (Å²) in [5.74, 6) is 0.684. The Morgan fingerprint density at radius 3 is 2.57 bits per heavy atom. The van der Waals surface area contributed by atoms with Gasteiger partial charge >= 0.3 is 6.18 Å². The van der Waals surface area contributed by atoms with Crippen LogP contribution in [0.3, 0.4) is 0 Å². The molecule has 1 aliphatic heterocycles. The van der Waals surface area contributed by atoms with Crippen LogP contribution in [0, 0.1) is 6.42 Å². The van der Waals surface area contributed by atoms with E-state index in [4.69, 9.17) is 5.73 Å². The lowest BCUT2D eigenvalue weighted by atomic mass is 10.1. The van der Waals surface area contributed by atoms with E-state index < -0.39 is 11.7 Å². The number of hydrogen-bond donors (Lipinski definition) is 2. The number of aromatic amines is 1. The molecule has 3 N–H and O–H groups in total. The lowest BCUT2D eigenvalue weighted by Gasteiger charge is -2.25. The van der Waals surface area contributed by atoms with Crippen molar-refractivity contribution in [1.29, 1.82) is 0 Å². The molecule has 0 atom stereocenters. The maximum Gasteiger partial charge on any atom is 0.416 e. The van der Waals surface area contributed by atoms with Crippen molar-refractivity contribution in [2.45, 2.75) is 19.0 Å². The van der Waals surface area contributed by atoms with Crippen molar-refractivity contribution in [2.75, 3.05) is 23.7 Å². The highest BCUT2D eigenvalue weighted by atomic mass is 19.4. The van der Waals surface area contributed by atoms with Crippen molar-refractivity contribution in [1.82, 2.24) is 19.9 Å². The number of alkyl halides is 3. The second-order valence-corrected chi connectivity index (χ2v) is 6.52. The third-order valence-electron chi connectivity index (χ3n) is 4.59. The molecular weight excluding hydrogens is 369 g/mol. The number of nitrogen functional groups attached to an aromatic ring is 1. The molecule has 1 aromatic carbocycles. The number of nitrogens with one attached hydrogen (secondary N) is 1. The lowest BCUT2D eigenvalue weighted by molar-refractivity contribution is -0.137. The zero-order valence-electron chi connectivity index (χ0n) is 14.9. The van der Waals surface area contributed by atoms with Crippen LogP contribution in [-0.2, 0) is 6.18 Å². The number of piperidine rings is 1. The highest BCUT2D eigenvalue weighted by Gasteiger charge is 2.31. The van der Waals surface area contributed by atoms with Gasteiger partial charge in [0, 0.05) is 24.8 Å². The molecule has 28 heavy (non-hydrogen) atoms. The summed E-state index contributed by atoms with van der Waals surface area (Å²) in [6.45, 7) is 1.59. The van der Waals surface area contributed by atoms with Gasteiger partial charge in [-0.1, -0.05) is 12.1 Å². The third-order valence-corrected chi connectivity index (χ3v) is 4.59. The van der Waals surface area contributed by atoms with Gasteiger partial charge < -0.3 is 15.6 Å². The van der Waals surface area contributed by atoms with Gasteiger partial charge in [0.25, 0.3) is 0 Å². The molecule has 145 valence electrons. The first-order valence-corrected chi connectivity index (χ1v) is 8.85. The molecule has 0 unspecified atom stereocenters. The van der Waals surface area contributed by atoms with Crippen LogP contribution in [0.2, 0.25) is 0 Å². The van der Waals surface area contributed by atoms with Crippen molar-refractivity contribution in [3.63, 3.8) is 0 Å². The van der Waals surface area contributed by atoms with Crippen molar-refractivity contribution in [3.8, 4) is 22.6 Å². The van der Waals surface area contributed by atoms with Crippen molar-refractivity contribution in [3.05, 3.63) is 48.5 Å². The molecule has 6 nitrogen and oxygen atoms in total. The third kappa shape index (κ3) is 3.64. The van der Waals surface area contributed by atoms with E-state index in [1.165, 1.54) is 12.3 Å². The van der Waals surface area contributed by atoms with E-state index in [9.17, 15) is 13.2 Å². The van der Waals surface area contributed by atoms with Crippen molar-refractivity contribution in [2.24, 2.45) is 0 Å². The average Bonchev–Trinajstić information content (AvgIpc) is 3.14. The maximum absolute atomic E-state index is 13.2. The van der Waals surface area contributed by atoms with E-state index in [-0.39, 0.29) is 5.95 Å². The van der Waals surface area contributed by atoms with Crippen LogP contribution < -0.4 is 10.6 Å². The van der Waals surface area contributed by atoms with E-state index in [2.05, 4.69) is 31.3 Å². The summed E-state index contributed by atoms with van der Waals surface area (Å²) in [4.78, 5) is 18.0. The molecule has 3 aromatic rings. The van der Waals surface area contributed by atoms with Gasteiger partial charge in [0.05, 0.1) is 22.6 Å². The Balaban J connectivity index is 1.84. The normalized spacial score (nSPS) is 15.0. The van der Waals surface area contributed by atoms with Crippen LogP contribution in [-0.4, -0.2) is 33.0 Å². The molecule has 0 bridgehead atoms. The summed E-state index contributed by atoms with van der Waals surface area (Å²) < 4.78 is 39.5. The van der Waals surface area contributed by atoms with Crippen LogP contribution in [0.5, 0.6) is 0 Å². The average molecular weight is 387 g/mol. The molecule has 1 fully saturated rings. The van der Waals surface area contributed by atoms with E-state index in [0.29, 0.717) is 28.6 Å². The highest BCUT2D eigenvalue weighted by molar-refractivity contribution is 5.79. The van der Waals surface area contributed by atoms with Crippen LogP contribution in [0.25, 0.3) is 22.6 Å². The summed E-state index contributed by atoms with van der Waals surface area (Å²) >= 11 is 0. The molecule has 0 saturated carbocycles. The van der Waals surface area contributed by atoms with E-state index >= 15 is 0 Å². The number of rotatable bonds is 3. The molecule has 1 saturated heterocycles. The standard InChI is InChI=1S/C19H18F3N6/c20-19(21,22)13-6-4-5-12(11-13)15-16(14-7-8-24-17(23)25-14)27-18(26-15)28-9-2-1-3-10-28/h1,4-8,11H,2-3,9-10H2,(H,26,27)(H2,23,24,25). The second-order valence-electron chi connectivity index (χ2n) is 6.52. The summed E-state index contributed by atoms with van der Waals surface area (Å²) in [6.07, 6.45) is 1.13. The molecule has 9 heteroatoms. The first kappa shape index (κ1) is 18.3. The van der Waals surface area contributed by atoms with E-state index in [1.54, 1.807) is 12.1 Å². The number of nitrogens with two attached hydrogens (primary N) is 1. The first-order chi connectivity index (χ1) is 13.4. The van der Waals surface area contributed by atoms with Crippen molar-refractivity contribution >= 4 is 11.9 Å². The molecule has 4 rings (SSSR count). The molecule has 2 aromatic heterocycles. The van der Waals surface area contributed by atoms with Crippen LogP contribution in [0.1, 0.15) is 18.4 Å². The summed E-state index contributed by atoms with van der Waals surface area (Å²) in [7, 11) is 0. The Bertz CT molecular complexity index is 976. The molecule has 1 radical (unpaired) electrons. The van der Waals surface area contributed by atoms with Gasteiger partial charge in [0.15, 0.2) is 0 Å². The maximum atomic E-state index is 13.2. The number of halogens is 3. The summed E-state index contributed by atoms with van der Waals surface area (Å²) in [6, 6.07) is 6.76. The predicted molar refractivity (Wildman–Crippen MR) is 100 cm³/mol. The van der Waals surface area contributed by atoms with Gasteiger partial charge in [-0.25, -0.2) is 15.0 Å². The lowest BCUT2D eigenvalue weighted by Crippen LogP contribution is -2.30. The quantitative estimate of drug-likeness (QED) is 0.711. The van der Waals surface area contributed by atoms with Gasteiger partial charge in [-0.15, -0.1) is 0 Å². The molecule has 0 spiro atoms. The Morgan fingerprint density at radius 2 is 1.86 bits per heavy atom. The first-order valence-electron chi connectivity index (χ1n) is 8.85. The number of aromatic nitrogens is 4. The molecular formula is C19H18F3N6. The van der Waals surface area contributed by atoms with E-state index in [0.717, 1.165) is 38.1 Å².